The molecule has 0 radical (unpaired) electrons. The molecular weight excluding hydrogens is 220 g/mol. The number of nitrogens with zero attached hydrogens (tertiary/aromatic N) is 1. The van der Waals surface area contributed by atoms with E-state index in [1.165, 1.54) is 31.2 Å². The van der Waals surface area contributed by atoms with Crippen molar-refractivity contribution in [2.24, 2.45) is 0 Å². The van der Waals surface area contributed by atoms with Gasteiger partial charge in [-0.05, 0) is 31.2 Å². The van der Waals surface area contributed by atoms with Crippen LogP contribution >= 0.6 is 0 Å². The number of hydrogen-bond acceptors (Lipinski definition) is 2. The van der Waals surface area contributed by atoms with E-state index in [1.807, 2.05) is 0 Å². The van der Waals surface area contributed by atoms with Crippen LogP contribution in [-0.4, -0.2) is 11.6 Å². The van der Waals surface area contributed by atoms with Gasteiger partial charge in [-0.15, -0.1) is 0 Å². The fourth-order valence-corrected chi connectivity index (χ4v) is 3.24. The van der Waals surface area contributed by atoms with E-state index in [2.05, 4.69) is 41.7 Å². The fourth-order valence-electron chi connectivity index (χ4n) is 3.24. The molecule has 18 heavy (non-hydrogen) atoms. The summed E-state index contributed by atoms with van der Waals surface area (Å²) in [6.07, 6.45) is 7.04. The van der Waals surface area contributed by atoms with Crippen LogP contribution in [0.15, 0.2) is 30.3 Å². The summed E-state index contributed by atoms with van der Waals surface area (Å²) in [6.45, 7) is 0. The van der Waals surface area contributed by atoms with Crippen LogP contribution in [-0.2, 0) is 0 Å². The maximum atomic E-state index is 9.74. The Labute approximate surface area is 109 Å². The Morgan fingerprint density at radius 1 is 1.11 bits per heavy atom. The first kappa shape index (κ1) is 11.7. The second-order valence-corrected chi connectivity index (χ2v) is 5.71. The van der Waals surface area contributed by atoms with Crippen molar-refractivity contribution in [1.29, 1.82) is 5.26 Å². The van der Waals surface area contributed by atoms with Gasteiger partial charge in [-0.25, -0.2) is 0 Å². The van der Waals surface area contributed by atoms with Gasteiger partial charge in [0.05, 0.1) is 6.07 Å². The average Bonchev–Trinajstić information content (AvgIpc) is 3.24. The summed E-state index contributed by atoms with van der Waals surface area (Å²) in [7, 11) is 0. The lowest BCUT2D eigenvalue weighted by Gasteiger charge is -2.40. The topological polar surface area (TPSA) is 35.8 Å². The molecule has 1 N–H and O–H groups in total. The highest BCUT2D eigenvalue weighted by Crippen LogP contribution is 2.42. The Bertz CT molecular complexity index is 444. The monoisotopic (exact) mass is 240 g/mol. The van der Waals surface area contributed by atoms with Gasteiger partial charge in [0.25, 0.3) is 0 Å². The van der Waals surface area contributed by atoms with Crippen LogP contribution in [0.5, 0.6) is 0 Å². The number of hydrogen-bond donors (Lipinski definition) is 1. The molecule has 2 saturated carbocycles. The van der Waals surface area contributed by atoms with Crippen molar-refractivity contribution in [3.63, 3.8) is 0 Å². The van der Waals surface area contributed by atoms with E-state index in [4.69, 9.17) is 0 Å². The van der Waals surface area contributed by atoms with E-state index in [-0.39, 0.29) is 5.54 Å². The van der Waals surface area contributed by atoms with Gasteiger partial charge in [0.15, 0.2) is 0 Å². The van der Waals surface area contributed by atoms with Crippen molar-refractivity contribution in [2.75, 3.05) is 0 Å². The molecule has 0 amide bonds. The zero-order chi connectivity index (χ0) is 12.4. The van der Waals surface area contributed by atoms with Crippen molar-refractivity contribution in [2.45, 2.75) is 56.0 Å². The lowest BCUT2D eigenvalue weighted by Crippen LogP contribution is -2.51. The molecule has 0 saturated heterocycles. The lowest BCUT2D eigenvalue weighted by molar-refractivity contribution is 0.253. The largest absolute Gasteiger partial charge is 0.296 e. The first-order chi connectivity index (χ1) is 8.84. The standard InChI is InChI=1S/C16H20N2/c17-12-16(18-14-9-10-14)11-5-4-8-15(16)13-6-2-1-3-7-13/h1-3,6-7,14-15,18H,4-5,8-11H2. The van der Waals surface area contributed by atoms with Crippen LogP contribution < -0.4 is 5.32 Å². The van der Waals surface area contributed by atoms with Crippen molar-refractivity contribution < 1.29 is 0 Å². The lowest BCUT2D eigenvalue weighted by atomic mass is 9.70. The molecule has 2 aliphatic rings. The molecule has 3 rings (SSSR count). The zero-order valence-corrected chi connectivity index (χ0v) is 10.7. The molecule has 2 fully saturated rings. The molecule has 2 heteroatoms. The predicted octanol–water partition coefficient (Wildman–Crippen LogP) is 3.36. The number of benzene rings is 1. The summed E-state index contributed by atoms with van der Waals surface area (Å²) in [5.74, 6) is 0.359. The van der Waals surface area contributed by atoms with E-state index in [0.29, 0.717) is 12.0 Å². The SMILES string of the molecule is N#CC1(NC2CC2)CCCCC1c1ccccc1. The third-order valence-corrected chi connectivity index (χ3v) is 4.35. The summed E-state index contributed by atoms with van der Waals surface area (Å²) in [6, 6.07) is 13.8. The van der Waals surface area contributed by atoms with Gasteiger partial charge in [0, 0.05) is 12.0 Å². The van der Waals surface area contributed by atoms with Crippen molar-refractivity contribution in [3.8, 4) is 6.07 Å². The van der Waals surface area contributed by atoms with Gasteiger partial charge in [-0.2, -0.15) is 5.26 Å². The van der Waals surface area contributed by atoms with E-state index in [0.717, 1.165) is 12.8 Å². The Balaban J connectivity index is 1.91. The maximum absolute atomic E-state index is 9.74. The Hall–Kier alpha value is -1.33. The molecule has 0 bridgehead atoms. The van der Waals surface area contributed by atoms with Crippen molar-refractivity contribution >= 4 is 0 Å². The van der Waals surface area contributed by atoms with Gasteiger partial charge in [0.1, 0.15) is 5.54 Å². The minimum Gasteiger partial charge on any atom is -0.296 e. The summed E-state index contributed by atoms with van der Waals surface area (Å²) >= 11 is 0. The van der Waals surface area contributed by atoms with E-state index in [1.54, 1.807) is 0 Å². The molecule has 0 spiro atoms. The molecule has 2 unspecified atom stereocenters. The molecule has 1 aromatic carbocycles. The minimum absolute atomic E-state index is 0.319. The normalized spacial score (nSPS) is 31.8. The Morgan fingerprint density at radius 2 is 1.89 bits per heavy atom. The molecule has 2 atom stereocenters. The third kappa shape index (κ3) is 2.15. The zero-order valence-electron chi connectivity index (χ0n) is 10.7. The molecule has 0 aliphatic heterocycles. The predicted molar refractivity (Wildman–Crippen MR) is 72.2 cm³/mol. The smallest absolute Gasteiger partial charge is 0.113 e. The molecule has 0 heterocycles. The molecule has 2 aliphatic carbocycles. The summed E-state index contributed by atoms with van der Waals surface area (Å²) in [5, 5.41) is 13.4. The second kappa shape index (κ2) is 4.74. The Kier molecular flexibility index (Phi) is 3.09. The van der Waals surface area contributed by atoms with Crippen LogP contribution in [0.2, 0.25) is 0 Å². The maximum Gasteiger partial charge on any atom is 0.113 e. The molecular formula is C16H20N2. The van der Waals surface area contributed by atoms with Gasteiger partial charge >= 0.3 is 0 Å². The number of rotatable bonds is 3. The van der Waals surface area contributed by atoms with Gasteiger partial charge < -0.3 is 0 Å². The highest BCUT2D eigenvalue weighted by atomic mass is 15.0. The average molecular weight is 240 g/mol. The van der Waals surface area contributed by atoms with E-state index in [9.17, 15) is 5.26 Å². The quantitative estimate of drug-likeness (QED) is 0.879. The molecule has 1 aromatic rings. The molecule has 2 nitrogen and oxygen atoms in total. The van der Waals surface area contributed by atoms with Gasteiger partial charge in [-0.3, -0.25) is 5.32 Å². The number of nitrogens with one attached hydrogen (secondary N) is 1. The van der Waals surface area contributed by atoms with Crippen molar-refractivity contribution in [1.82, 2.24) is 5.32 Å². The van der Waals surface area contributed by atoms with Crippen LogP contribution in [0.4, 0.5) is 0 Å². The summed E-state index contributed by atoms with van der Waals surface area (Å²) in [4.78, 5) is 0. The first-order valence-electron chi connectivity index (χ1n) is 7.08. The second-order valence-electron chi connectivity index (χ2n) is 5.71. The third-order valence-electron chi connectivity index (χ3n) is 4.35. The van der Waals surface area contributed by atoms with Crippen LogP contribution in [0.3, 0.4) is 0 Å². The first-order valence-corrected chi connectivity index (χ1v) is 7.08. The Morgan fingerprint density at radius 3 is 2.56 bits per heavy atom. The molecule has 0 aromatic heterocycles. The summed E-state index contributed by atoms with van der Waals surface area (Å²) in [5.41, 5.74) is 1.01. The highest BCUT2D eigenvalue weighted by molar-refractivity contribution is 5.30. The van der Waals surface area contributed by atoms with Gasteiger partial charge in [0.2, 0.25) is 0 Å². The summed E-state index contributed by atoms with van der Waals surface area (Å²) < 4.78 is 0. The van der Waals surface area contributed by atoms with Crippen LogP contribution in [0, 0.1) is 11.3 Å². The van der Waals surface area contributed by atoms with Crippen molar-refractivity contribution in [3.05, 3.63) is 35.9 Å². The van der Waals surface area contributed by atoms with Crippen LogP contribution in [0.25, 0.3) is 0 Å². The minimum atomic E-state index is -0.319. The van der Waals surface area contributed by atoms with Gasteiger partial charge in [-0.1, -0.05) is 43.2 Å². The fraction of sp³-hybridized carbons (Fsp3) is 0.562. The van der Waals surface area contributed by atoms with E-state index >= 15 is 0 Å². The van der Waals surface area contributed by atoms with E-state index < -0.39 is 0 Å². The highest BCUT2D eigenvalue weighted by Gasteiger charge is 2.44. The molecule has 94 valence electrons. The van der Waals surface area contributed by atoms with Crippen LogP contribution in [0.1, 0.15) is 50.0 Å². The number of nitriles is 1.